The molecule has 0 spiro atoms. The van der Waals surface area contributed by atoms with Gasteiger partial charge < -0.3 is 5.32 Å². The lowest BCUT2D eigenvalue weighted by Crippen LogP contribution is -2.37. The summed E-state index contributed by atoms with van der Waals surface area (Å²) in [7, 11) is 0. The Kier molecular flexibility index (Phi) is 1.69. The fourth-order valence-electron chi connectivity index (χ4n) is 2.51. The van der Waals surface area contributed by atoms with Crippen LogP contribution < -0.4 is 5.32 Å². The largest absolute Gasteiger partial charge is 0.311 e. The molecule has 2 aliphatic rings. The SMILES string of the molecule is CCC1CC2CCC(C1)N2. The zero-order chi connectivity index (χ0) is 6.97. The van der Waals surface area contributed by atoms with Crippen LogP contribution in [-0.4, -0.2) is 12.1 Å². The molecule has 2 fully saturated rings. The van der Waals surface area contributed by atoms with Crippen molar-refractivity contribution < 1.29 is 0 Å². The number of hydrogen-bond acceptors (Lipinski definition) is 1. The molecule has 0 aromatic carbocycles. The van der Waals surface area contributed by atoms with E-state index in [1.807, 2.05) is 0 Å². The second-order valence-electron chi connectivity index (χ2n) is 3.88. The molecule has 0 saturated carbocycles. The van der Waals surface area contributed by atoms with Gasteiger partial charge in [-0.1, -0.05) is 13.3 Å². The Morgan fingerprint density at radius 1 is 1.20 bits per heavy atom. The highest BCUT2D eigenvalue weighted by Gasteiger charge is 2.32. The number of rotatable bonds is 1. The molecule has 0 aromatic rings. The highest BCUT2D eigenvalue weighted by molar-refractivity contribution is 4.91. The van der Waals surface area contributed by atoms with Gasteiger partial charge in [0.1, 0.15) is 0 Å². The number of piperidine rings is 1. The Morgan fingerprint density at radius 3 is 2.30 bits per heavy atom. The van der Waals surface area contributed by atoms with Crippen molar-refractivity contribution in [2.45, 2.75) is 51.1 Å². The third-order valence-corrected chi connectivity index (χ3v) is 3.15. The highest BCUT2D eigenvalue weighted by atomic mass is 15.0. The summed E-state index contributed by atoms with van der Waals surface area (Å²) in [5, 5.41) is 3.65. The van der Waals surface area contributed by atoms with E-state index in [-0.39, 0.29) is 0 Å². The van der Waals surface area contributed by atoms with Crippen LogP contribution in [0.1, 0.15) is 39.0 Å². The smallest absolute Gasteiger partial charge is 0.00728 e. The van der Waals surface area contributed by atoms with Crippen LogP contribution in [0.2, 0.25) is 0 Å². The average Bonchev–Trinajstić information content (AvgIpc) is 2.30. The molecule has 2 saturated heterocycles. The predicted octanol–water partition coefficient (Wildman–Crippen LogP) is 1.93. The van der Waals surface area contributed by atoms with E-state index in [9.17, 15) is 0 Å². The van der Waals surface area contributed by atoms with E-state index < -0.39 is 0 Å². The maximum absolute atomic E-state index is 3.65. The molecule has 0 amide bonds. The standard InChI is InChI=1S/C9H17N/c1-2-7-5-8-3-4-9(6-7)10-8/h7-10H,2-6H2,1H3. The lowest BCUT2D eigenvalue weighted by molar-refractivity contribution is 0.293. The lowest BCUT2D eigenvalue weighted by Gasteiger charge is -2.27. The van der Waals surface area contributed by atoms with E-state index in [2.05, 4.69) is 12.2 Å². The van der Waals surface area contributed by atoms with E-state index in [1.54, 1.807) is 0 Å². The molecule has 0 aliphatic carbocycles. The van der Waals surface area contributed by atoms with E-state index in [0.717, 1.165) is 18.0 Å². The van der Waals surface area contributed by atoms with Crippen LogP contribution in [0.15, 0.2) is 0 Å². The second-order valence-corrected chi connectivity index (χ2v) is 3.88. The highest BCUT2D eigenvalue weighted by Crippen LogP contribution is 2.32. The normalized spacial score (nSPS) is 45.9. The first-order chi connectivity index (χ1) is 4.88. The van der Waals surface area contributed by atoms with Gasteiger partial charge in [0.25, 0.3) is 0 Å². The molecular formula is C9H17N. The van der Waals surface area contributed by atoms with Gasteiger partial charge in [0, 0.05) is 12.1 Å². The van der Waals surface area contributed by atoms with Crippen LogP contribution in [0.25, 0.3) is 0 Å². The minimum atomic E-state index is 0.892. The maximum atomic E-state index is 3.65. The van der Waals surface area contributed by atoms with Crippen molar-refractivity contribution in [3.63, 3.8) is 0 Å². The van der Waals surface area contributed by atoms with E-state index in [4.69, 9.17) is 0 Å². The fraction of sp³-hybridized carbons (Fsp3) is 1.00. The van der Waals surface area contributed by atoms with Gasteiger partial charge in [-0.3, -0.25) is 0 Å². The van der Waals surface area contributed by atoms with Crippen molar-refractivity contribution in [3.8, 4) is 0 Å². The van der Waals surface area contributed by atoms with Crippen molar-refractivity contribution in [2.75, 3.05) is 0 Å². The van der Waals surface area contributed by atoms with Gasteiger partial charge >= 0.3 is 0 Å². The van der Waals surface area contributed by atoms with Crippen LogP contribution in [0.4, 0.5) is 0 Å². The second kappa shape index (κ2) is 2.54. The molecule has 1 N–H and O–H groups in total. The van der Waals surface area contributed by atoms with Crippen molar-refractivity contribution in [1.29, 1.82) is 0 Å². The monoisotopic (exact) mass is 139 g/mol. The number of fused-ring (bicyclic) bond motifs is 2. The molecule has 2 bridgehead atoms. The van der Waals surface area contributed by atoms with Crippen molar-refractivity contribution >= 4 is 0 Å². The molecule has 0 aromatic heterocycles. The summed E-state index contributed by atoms with van der Waals surface area (Å²) >= 11 is 0. The number of nitrogens with one attached hydrogen (secondary N) is 1. The van der Waals surface area contributed by atoms with Crippen LogP contribution in [0.3, 0.4) is 0 Å². The minimum Gasteiger partial charge on any atom is -0.311 e. The van der Waals surface area contributed by atoms with Crippen LogP contribution in [0.5, 0.6) is 0 Å². The molecule has 0 radical (unpaired) electrons. The zero-order valence-corrected chi connectivity index (χ0v) is 6.77. The number of hydrogen-bond donors (Lipinski definition) is 1. The van der Waals surface area contributed by atoms with E-state index in [1.165, 1.54) is 32.1 Å². The summed E-state index contributed by atoms with van der Waals surface area (Å²) in [6.45, 7) is 2.33. The molecule has 2 heterocycles. The molecule has 10 heavy (non-hydrogen) atoms. The lowest BCUT2D eigenvalue weighted by atomic mass is 9.90. The summed E-state index contributed by atoms with van der Waals surface area (Å²) in [4.78, 5) is 0. The zero-order valence-electron chi connectivity index (χ0n) is 6.77. The molecule has 1 nitrogen and oxygen atoms in total. The van der Waals surface area contributed by atoms with Crippen molar-refractivity contribution in [3.05, 3.63) is 0 Å². The molecule has 2 aliphatic heterocycles. The summed E-state index contributed by atoms with van der Waals surface area (Å²) in [6, 6.07) is 1.78. The van der Waals surface area contributed by atoms with Crippen LogP contribution in [-0.2, 0) is 0 Å². The third kappa shape index (κ3) is 1.07. The van der Waals surface area contributed by atoms with E-state index >= 15 is 0 Å². The first-order valence-electron chi connectivity index (χ1n) is 4.64. The van der Waals surface area contributed by atoms with Gasteiger partial charge in [-0.25, -0.2) is 0 Å². The van der Waals surface area contributed by atoms with Gasteiger partial charge in [-0.15, -0.1) is 0 Å². The Bertz CT molecular complexity index is 110. The van der Waals surface area contributed by atoms with Gasteiger partial charge in [-0.05, 0) is 31.6 Å². The van der Waals surface area contributed by atoms with Gasteiger partial charge in [0.05, 0.1) is 0 Å². The first kappa shape index (κ1) is 6.66. The Balaban J connectivity index is 1.96. The molecular weight excluding hydrogens is 122 g/mol. The summed E-state index contributed by atoms with van der Waals surface area (Å²) in [5.41, 5.74) is 0. The predicted molar refractivity (Wildman–Crippen MR) is 43.0 cm³/mol. The maximum Gasteiger partial charge on any atom is 0.00728 e. The molecule has 2 unspecified atom stereocenters. The Labute approximate surface area is 63.2 Å². The molecule has 58 valence electrons. The Morgan fingerprint density at radius 2 is 1.80 bits per heavy atom. The van der Waals surface area contributed by atoms with Crippen molar-refractivity contribution in [2.24, 2.45) is 5.92 Å². The first-order valence-corrected chi connectivity index (χ1v) is 4.64. The average molecular weight is 139 g/mol. The quantitative estimate of drug-likeness (QED) is 0.585. The topological polar surface area (TPSA) is 12.0 Å². The van der Waals surface area contributed by atoms with E-state index in [0.29, 0.717) is 0 Å². The fourth-order valence-corrected chi connectivity index (χ4v) is 2.51. The van der Waals surface area contributed by atoms with Crippen LogP contribution in [0, 0.1) is 5.92 Å². The third-order valence-electron chi connectivity index (χ3n) is 3.15. The summed E-state index contributed by atoms with van der Waals surface area (Å²) in [6.07, 6.45) is 7.19. The summed E-state index contributed by atoms with van der Waals surface area (Å²) < 4.78 is 0. The van der Waals surface area contributed by atoms with Gasteiger partial charge in [0.2, 0.25) is 0 Å². The summed E-state index contributed by atoms with van der Waals surface area (Å²) in [5.74, 6) is 1.04. The van der Waals surface area contributed by atoms with Gasteiger partial charge in [-0.2, -0.15) is 0 Å². The molecule has 1 heteroatoms. The van der Waals surface area contributed by atoms with Gasteiger partial charge in [0.15, 0.2) is 0 Å². The molecule has 2 rings (SSSR count). The van der Waals surface area contributed by atoms with Crippen molar-refractivity contribution in [1.82, 2.24) is 5.32 Å². The Hall–Kier alpha value is -0.0400. The molecule has 2 atom stereocenters. The minimum absolute atomic E-state index is 0.892. The van der Waals surface area contributed by atoms with Crippen LogP contribution >= 0.6 is 0 Å².